The van der Waals surface area contributed by atoms with Crippen LogP contribution in [0.4, 0.5) is 5.69 Å². The number of halogens is 1. The number of rotatable bonds is 3. The molecule has 0 fully saturated rings. The van der Waals surface area contributed by atoms with Crippen LogP contribution in [-0.4, -0.2) is 10.9 Å². The average molecular weight is 303 g/mol. The molecule has 4 heteroatoms. The van der Waals surface area contributed by atoms with Crippen LogP contribution in [0, 0.1) is 13.8 Å². The molecule has 1 aromatic carbocycles. The molecule has 0 saturated heterocycles. The number of para-hydroxylation sites is 1. The van der Waals surface area contributed by atoms with E-state index in [-0.39, 0.29) is 5.91 Å². The molecule has 0 bridgehead atoms. The van der Waals surface area contributed by atoms with Crippen molar-refractivity contribution in [2.24, 2.45) is 0 Å². The Labute approximate surface area is 130 Å². The molecule has 0 radical (unpaired) electrons. The molecule has 0 spiro atoms. The minimum atomic E-state index is -0.233. The third kappa shape index (κ3) is 3.42. The van der Waals surface area contributed by atoms with E-state index < -0.39 is 0 Å². The van der Waals surface area contributed by atoms with Crippen LogP contribution in [-0.2, 0) is 0 Å². The highest BCUT2D eigenvalue weighted by Gasteiger charge is 2.15. The van der Waals surface area contributed by atoms with Crippen LogP contribution in [0.2, 0.25) is 5.02 Å². The Morgan fingerprint density at radius 1 is 1.29 bits per heavy atom. The van der Waals surface area contributed by atoms with Crippen LogP contribution in [0.15, 0.2) is 30.5 Å². The molecule has 1 heterocycles. The van der Waals surface area contributed by atoms with Gasteiger partial charge in [-0.3, -0.25) is 9.78 Å². The maximum absolute atomic E-state index is 12.4. The van der Waals surface area contributed by atoms with E-state index in [9.17, 15) is 4.79 Å². The van der Waals surface area contributed by atoms with E-state index in [0.717, 1.165) is 22.5 Å². The summed E-state index contributed by atoms with van der Waals surface area (Å²) in [7, 11) is 0. The predicted octanol–water partition coefficient (Wildman–Crippen LogP) is 4.73. The van der Waals surface area contributed by atoms with Gasteiger partial charge in [-0.1, -0.05) is 43.6 Å². The maximum atomic E-state index is 12.4. The van der Waals surface area contributed by atoms with Gasteiger partial charge in [0.2, 0.25) is 0 Å². The Balaban J connectivity index is 2.36. The van der Waals surface area contributed by atoms with Crippen molar-refractivity contribution in [1.82, 2.24) is 4.98 Å². The molecule has 110 valence electrons. The van der Waals surface area contributed by atoms with Crippen molar-refractivity contribution in [2.45, 2.75) is 33.6 Å². The molecular weight excluding hydrogens is 284 g/mol. The van der Waals surface area contributed by atoms with Crippen LogP contribution in [0.3, 0.4) is 0 Å². The summed E-state index contributed by atoms with van der Waals surface area (Å²) in [4.78, 5) is 16.6. The number of aryl methyl sites for hydroxylation is 2. The fraction of sp³-hybridized carbons (Fsp3) is 0.294. The normalized spacial score (nSPS) is 10.8. The Kier molecular flexibility index (Phi) is 4.63. The van der Waals surface area contributed by atoms with Gasteiger partial charge < -0.3 is 5.32 Å². The number of nitrogens with zero attached hydrogens (tertiary/aromatic N) is 1. The van der Waals surface area contributed by atoms with Gasteiger partial charge in [0.25, 0.3) is 5.91 Å². The molecule has 3 nitrogen and oxygen atoms in total. The fourth-order valence-corrected chi connectivity index (χ4v) is 2.51. The van der Waals surface area contributed by atoms with Crippen molar-refractivity contribution in [3.8, 4) is 0 Å². The summed E-state index contributed by atoms with van der Waals surface area (Å²) in [6, 6.07) is 7.71. The lowest BCUT2D eigenvalue weighted by Crippen LogP contribution is -2.15. The van der Waals surface area contributed by atoms with Crippen LogP contribution in [0.1, 0.15) is 46.9 Å². The fourth-order valence-electron chi connectivity index (χ4n) is 2.22. The number of anilines is 1. The number of pyridine rings is 1. The molecule has 2 rings (SSSR count). The number of hydrogen-bond acceptors (Lipinski definition) is 2. The zero-order chi connectivity index (χ0) is 15.6. The smallest absolute Gasteiger partial charge is 0.258 e. The molecule has 1 aromatic heterocycles. The minimum absolute atomic E-state index is 0.233. The Bertz CT molecular complexity index is 680. The van der Waals surface area contributed by atoms with Crippen molar-refractivity contribution >= 4 is 23.2 Å². The molecular formula is C17H19ClN2O. The van der Waals surface area contributed by atoms with Gasteiger partial charge >= 0.3 is 0 Å². The summed E-state index contributed by atoms with van der Waals surface area (Å²) < 4.78 is 0. The zero-order valence-corrected chi connectivity index (χ0v) is 13.5. The van der Waals surface area contributed by atoms with Crippen molar-refractivity contribution in [3.63, 3.8) is 0 Å². The van der Waals surface area contributed by atoms with Crippen molar-refractivity contribution in [3.05, 3.63) is 57.9 Å². The van der Waals surface area contributed by atoms with Gasteiger partial charge in [-0.2, -0.15) is 0 Å². The van der Waals surface area contributed by atoms with E-state index in [1.807, 2.05) is 32.0 Å². The molecule has 0 saturated carbocycles. The number of nitrogens with one attached hydrogen (secondary N) is 1. The average Bonchev–Trinajstić information content (AvgIpc) is 2.40. The van der Waals surface area contributed by atoms with Crippen molar-refractivity contribution in [1.29, 1.82) is 0 Å². The summed E-state index contributed by atoms with van der Waals surface area (Å²) in [5.41, 5.74) is 4.18. The van der Waals surface area contributed by atoms with Gasteiger partial charge in [0.05, 0.1) is 10.6 Å². The SMILES string of the molecule is Cc1cc(Cl)c(C(=O)Nc2c(C)cccc2C(C)C)cn1. The number of aromatic nitrogens is 1. The standard InChI is InChI=1S/C17H19ClN2O/c1-10(2)13-7-5-6-11(3)16(13)20-17(21)14-9-19-12(4)8-15(14)18/h5-10H,1-4H3,(H,20,21). The Morgan fingerprint density at radius 3 is 2.62 bits per heavy atom. The first kappa shape index (κ1) is 15.5. The van der Waals surface area contributed by atoms with Gasteiger partial charge in [0, 0.05) is 17.6 Å². The lowest BCUT2D eigenvalue weighted by atomic mass is 9.98. The monoisotopic (exact) mass is 302 g/mol. The minimum Gasteiger partial charge on any atom is -0.321 e. The van der Waals surface area contributed by atoms with Crippen LogP contribution in [0.25, 0.3) is 0 Å². The molecule has 0 unspecified atom stereocenters. The molecule has 0 aliphatic rings. The van der Waals surface area contributed by atoms with E-state index in [1.165, 1.54) is 6.20 Å². The van der Waals surface area contributed by atoms with Crippen molar-refractivity contribution < 1.29 is 4.79 Å². The molecule has 21 heavy (non-hydrogen) atoms. The van der Waals surface area contributed by atoms with Gasteiger partial charge in [0.15, 0.2) is 0 Å². The molecule has 0 aliphatic carbocycles. The third-order valence-electron chi connectivity index (χ3n) is 3.40. The maximum Gasteiger partial charge on any atom is 0.258 e. The number of amides is 1. The van der Waals surface area contributed by atoms with E-state index >= 15 is 0 Å². The topological polar surface area (TPSA) is 42.0 Å². The van der Waals surface area contributed by atoms with Gasteiger partial charge in [0.1, 0.15) is 0 Å². The van der Waals surface area contributed by atoms with E-state index in [4.69, 9.17) is 11.6 Å². The zero-order valence-electron chi connectivity index (χ0n) is 12.7. The summed E-state index contributed by atoms with van der Waals surface area (Å²) in [5.74, 6) is 0.0931. The van der Waals surface area contributed by atoms with E-state index in [1.54, 1.807) is 6.07 Å². The number of benzene rings is 1. The largest absolute Gasteiger partial charge is 0.321 e. The highest BCUT2D eigenvalue weighted by atomic mass is 35.5. The summed E-state index contributed by atoms with van der Waals surface area (Å²) in [6.45, 7) is 8.03. The molecule has 0 aliphatic heterocycles. The number of carbonyl (C=O) groups is 1. The second-order valence-electron chi connectivity index (χ2n) is 5.45. The lowest BCUT2D eigenvalue weighted by molar-refractivity contribution is 0.102. The van der Waals surface area contributed by atoms with Crippen LogP contribution in [0.5, 0.6) is 0 Å². The van der Waals surface area contributed by atoms with Gasteiger partial charge in [-0.05, 0) is 37.0 Å². The first-order valence-corrected chi connectivity index (χ1v) is 7.31. The first-order chi connectivity index (χ1) is 9.90. The van der Waals surface area contributed by atoms with E-state index in [2.05, 4.69) is 24.1 Å². The van der Waals surface area contributed by atoms with E-state index in [0.29, 0.717) is 16.5 Å². The Hall–Kier alpha value is -1.87. The second kappa shape index (κ2) is 6.27. The summed E-state index contributed by atoms with van der Waals surface area (Å²) >= 11 is 6.13. The Morgan fingerprint density at radius 2 is 2.00 bits per heavy atom. The lowest BCUT2D eigenvalue weighted by Gasteiger charge is -2.16. The molecule has 1 amide bonds. The highest BCUT2D eigenvalue weighted by molar-refractivity contribution is 6.34. The van der Waals surface area contributed by atoms with Gasteiger partial charge in [-0.15, -0.1) is 0 Å². The number of hydrogen-bond donors (Lipinski definition) is 1. The van der Waals surface area contributed by atoms with Crippen LogP contribution >= 0.6 is 11.6 Å². The number of carbonyl (C=O) groups excluding carboxylic acids is 1. The third-order valence-corrected chi connectivity index (χ3v) is 3.71. The summed E-state index contributed by atoms with van der Waals surface area (Å²) in [6.07, 6.45) is 1.51. The molecule has 1 N–H and O–H groups in total. The summed E-state index contributed by atoms with van der Waals surface area (Å²) in [5, 5.41) is 3.39. The van der Waals surface area contributed by atoms with Crippen LogP contribution < -0.4 is 5.32 Å². The second-order valence-corrected chi connectivity index (χ2v) is 5.86. The molecule has 0 atom stereocenters. The highest BCUT2D eigenvalue weighted by Crippen LogP contribution is 2.28. The molecule has 2 aromatic rings. The van der Waals surface area contributed by atoms with Crippen molar-refractivity contribution in [2.75, 3.05) is 5.32 Å². The predicted molar refractivity (Wildman–Crippen MR) is 87.2 cm³/mol. The van der Waals surface area contributed by atoms with Gasteiger partial charge in [-0.25, -0.2) is 0 Å². The quantitative estimate of drug-likeness (QED) is 0.890. The first-order valence-electron chi connectivity index (χ1n) is 6.93.